The van der Waals surface area contributed by atoms with Crippen molar-refractivity contribution in [3.05, 3.63) is 62.9 Å². The summed E-state index contributed by atoms with van der Waals surface area (Å²) in [6.45, 7) is 1.66. The van der Waals surface area contributed by atoms with Gasteiger partial charge in [0.2, 0.25) is 0 Å². The topological polar surface area (TPSA) is 89.3 Å². The van der Waals surface area contributed by atoms with E-state index in [2.05, 4.69) is 0 Å². The van der Waals surface area contributed by atoms with Gasteiger partial charge in [-0.15, -0.1) is 0 Å². The average Bonchev–Trinajstić information content (AvgIpc) is 2.42. The molecule has 0 fully saturated rings. The molecule has 0 aliphatic carbocycles. The second kappa shape index (κ2) is 5.90. The minimum absolute atomic E-state index is 0.189. The molecule has 2 aromatic carbocycles. The molecule has 22 heavy (non-hydrogen) atoms. The fourth-order valence-corrected chi connectivity index (χ4v) is 2.98. The van der Waals surface area contributed by atoms with Gasteiger partial charge in [-0.1, -0.05) is 17.7 Å². The van der Waals surface area contributed by atoms with Crippen molar-refractivity contribution < 1.29 is 17.7 Å². The number of hydrogen-bond acceptors (Lipinski definition) is 4. The molecule has 116 valence electrons. The summed E-state index contributed by atoms with van der Waals surface area (Å²) in [6, 6.07) is 6.99. The van der Waals surface area contributed by atoms with E-state index in [-0.39, 0.29) is 15.6 Å². The Morgan fingerprint density at radius 2 is 1.91 bits per heavy atom. The Bertz CT molecular complexity index is 855. The zero-order chi connectivity index (χ0) is 16.5. The normalized spacial score (nSPS) is 11.2. The van der Waals surface area contributed by atoms with E-state index in [1.54, 1.807) is 6.92 Å². The lowest BCUT2D eigenvalue weighted by Gasteiger charge is -2.09. The van der Waals surface area contributed by atoms with E-state index in [1.165, 1.54) is 18.2 Å². The first-order valence-electron chi connectivity index (χ1n) is 5.93. The summed E-state index contributed by atoms with van der Waals surface area (Å²) in [6.07, 6.45) is 0. The van der Waals surface area contributed by atoms with Gasteiger partial charge in [0.25, 0.3) is 15.7 Å². The highest BCUT2D eigenvalue weighted by molar-refractivity contribution is 7.92. The monoisotopic (exact) mass is 344 g/mol. The van der Waals surface area contributed by atoms with Crippen molar-refractivity contribution in [1.29, 1.82) is 0 Å². The predicted molar refractivity (Wildman–Crippen MR) is 80.1 cm³/mol. The highest BCUT2D eigenvalue weighted by Crippen LogP contribution is 2.28. The molecule has 9 heteroatoms. The molecule has 6 nitrogen and oxygen atoms in total. The van der Waals surface area contributed by atoms with Gasteiger partial charge in [0.1, 0.15) is 10.8 Å². The summed E-state index contributed by atoms with van der Waals surface area (Å²) in [7, 11) is -4.17. The summed E-state index contributed by atoms with van der Waals surface area (Å²) >= 11 is 5.63. The maximum absolute atomic E-state index is 13.7. The van der Waals surface area contributed by atoms with Crippen LogP contribution in [-0.2, 0) is 10.0 Å². The number of benzene rings is 2. The van der Waals surface area contributed by atoms with Crippen molar-refractivity contribution in [1.82, 2.24) is 0 Å². The van der Waals surface area contributed by atoms with Gasteiger partial charge in [-0.25, -0.2) is 12.8 Å². The number of aryl methyl sites for hydroxylation is 1. The van der Waals surface area contributed by atoms with Crippen molar-refractivity contribution >= 4 is 33.0 Å². The Morgan fingerprint density at radius 1 is 1.23 bits per heavy atom. The fraction of sp³-hybridized carbons (Fsp3) is 0.0769. The molecule has 0 spiro atoms. The van der Waals surface area contributed by atoms with E-state index in [9.17, 15) is 22.9 Å². The van der Waals surface area contributed by atoms with Crippen LogP contribution in [0.2, 0.25) is 5.02 Å². The number of halogens is 2. The first kappa shape index (κ1) is 16.2. The van der Waals surface area contributed by atoms with Gasteiger partial charge in [-0.05, 0) is 36.8 Å². The average molecular weight is 345 g/mol. The van der Waals surface area contributed by atoms with Crippen LogP contribution < -0.4 is 4.72 Å². The second-order valence-electron chi connectivity index (χ2n) is 4.46. The number of nitrogens with zero attached hydrogens (tertiary/aromatic N) is 1. The zero-order valence-electron chi connectivity index (χ0n) is 11.2. The van der Waals surface area contributed by atoms with Crippen LogP contribution >= 0.6 is 11.6 Å². The van der Waals surface area contributed by atoms with Gasteiger partial charge < -0.3 is 0 Å². The summed E-state index contributed by atoms with van der Waals surface area (Å²) in [4.78, 5) is 9.61. The maximum Gasteiger partial charge on any atom is 0.289 e. The second-order valence-corrected chi connectivity index (χ2v) is 6.55. The third-order valence-electron chi connectivity index (χ3n) is 2.79. The van der Waals surface area contributed by atoms with E-state index in [1.807, 2.05) is 4.72 Å². The number of nitro benzene ring substituents is 1. The van der Waals surface area contributed by atoms with Crippen molar-refractivity contribution in [2.45, 2.75) is 11.8 Å². The molecule has 0 aromatic heterocycles. The Hall–Kier alpha value is -2.19. The lowest BCUT2D eigenvalue weighted by Crippen LogP contribution is -2.14. The number of rotatable bonds is 4. The summed E-state index contributed by atoms with van der Waals surface area (Å²) in [5.74, 6) is -0.743. The molecule has 0 aliphatic heterocycles. The van der Waals surface area contributed by atoms with Crippen LogP contribution in [0.3, 0.4) is 0 Å². The Balaban J connectivity index is 2.42. The van der Waals surface area contributed by atoms with E-state index >= 15 is 0 Å². The molecule has 0 atom stereocenters. The molecular formula is C13H10ClFN2O4S. The van der Waals surface area contributed by atoms with Gasteiger partial charge in [0, 0.05) is 6.07 Å². The number of sulfonamides is 1. The Labute approximate surface area is 130 Å². The van der Waals surface area contributed by atoms with E-state index < -0.39 is 26.5 Å². The molecule has 0 bridgehead atoms. The molecule has 0 amide bonds. The number of nitrogens with one attached hydrogen (secondary N) is 1. The molecule has 0 unspecified atom stereocenters. The van der Waals surface area contributed by atoms with Crippen molar-refractivity contribution in [2.75, 3.05) is 4.72 Å². The highest BCUT2D eigenvalue weighted by atomic mass is 35.5. The molecule has 0 saturated carbocycles. The van der Waals surface area contributed by atoms with Crippen LogP contribution in [0.4, 0.5) is 15.8 Å². The van der Waals surface area contributed by atoms with E-state index in [4.69, 9.17) is 11.6 Å². The van der Waals surface area contributed by atoms with Crippen LogP contribution in [0, 0.1) is 22.9 Å². The van der Waals surface area contributed by atoms with Crippen LogP contribution in [-0.4, -0.2) is 13.3 Å². The molecule has 1 N–H and O–H groups in total. The standard InChI is InChI=1S/C13H10ClFN2O4S/c1-8-2-5-12(11(15)6-8)16-22(20,21)9-3-4-10(14)13(7-9)17(18)19/h2-7,16H,1H3. The number of hydrogen-bond donors (Lipinski definition) is 1. The summed E-state index contributed by atoms with van der Waals surface area (Å²) in [5.41, 5.74) is -0.167. The summed E-state index contributed by atoms with van der Waals surface area (Å²) < 4.78 is 40.1. The Kier molecular flexibility index (Phi) is 4.34. The van der Waals surface area contributed by atoms with Gasteiger partial charge in [0.05, 0.1) is 15.5 Å². The first-order valence-corrected chi connectivity index (χ1v) is 7.80. The zero-order valence-corrected chi connectivity index (χ0v) is 12.8. The lowest BCUT2D eigenvalue weighted by molar-refractivity contribution is -0.384. The van der Waals surface area contributed by atoms with Crippen molar-refractivity contribution in [2.24, 2.45) is 0 Å². The quantitative estimate of drug-likeness (QED) is 0.679. The van der Waals surface area contributed by atoms with Crippen LogP contribution in [0.5, 0.6) is 0 Å². The minimum atomic E-state index is -4.17. The molecule has 0 aliphatic rings. The summed E-state index contributed by atoms with van der Waals surface area (Å²) in [5, 5.41) is 10.6. The largest absolute Gasteiger partial charge is 0.289 e. The third kappa shape index (κ3) is 3.34. The van der Waals surface area contributed by atoms with Gasteiger partial charge in [-0.3, -0.25) is 14.8 Å². The lowest BCUT2D eigenvalue weighted by atomic mass is 10.2. The molecule has 0 radical (unpaired) electrons. The number of nitro groups is 1. The van der Waals surface area contributed by atoms with E-state index in [0.29, 0.717) is 5.56 Å². The molecular weight excluding hydrogens is 335 g/mol. The molecule has 2 aromatic rings. The van der Waals surface area contributed by atoms with Crippen LogP contribution in [0.15, 0.2) is 41.3 Å². The smallest absolute Gasteiger partial charge is 0.277 e. The van der Waals surface area contributed by atoms with E-state index in [0.717, 1.165) is 18.2 Å². The fourth-order valence-electron chi connectivity index (χ4n) is 1.71. The maximum atomic E-state index is 13.7. The highest BCUT2D eigenvalue weighted by Gasteiger charge is 2.21. The van der Waals surface area contributed by atoms with Gasteiger partial charge >= 0.3 is 0 Å². The molecule has 0 heterocycles. The van der Waals surface area contributed by atoms with Gasteiger partial charge in [-0.2, -0.15) is 0 Å². The third-order valence-corrected chi connectivity index (χ3v) is 4.48. The van der Waals surface area contributed by atoms with Crippen molar-refractivity contribution in [3.8, 4) is 0 Å². The SMILES string of the molecule is Cc1ccc(NS(=O)(=O)c2ccc(Cl)c([N+](=O)[O-])c2)c(F)c1. The van der Waals surface area contributed by atoms with Crippen LogP contribution in [0.25, 0.3) is 0 Å². The molecule has 2 rings (SSSR count). The Morgan fingerprint density at radius 3 is 2.50 bits per heavy atom. The minimum Gasteiger partial charge on any atom is -0.277 e. The predicted octanol–water partition coefficient (Wildman–Crippen LogP) is 3.50. The number of anilines is 1. The molecule has 0 saturated heterocycles. The van der Waals surface area contributed by atoms with Crippen molar-refractivity contribution in [3.63, 3.8) is 0 Å². The first-order chi connectivity index (χ1) is 10.2. The van der Waals surface area contributed by atoms with Crippen LogP contribution in [0.1, 0.15) is 5.56 Å². The van der Waals surface area contributed by atoms with Gasteiger partial charge in [0.15, 0.2) is 0 Å².